The second kappa shape index (κ2) is 12.7. The lowest BCUT2D eigenvalue weighted by Gasteiger charge is -2.17. The maximum Gasteiger partial charge on any atom is 0.220 e. The molecule has 1 aliphatic carbocycles. The van der Waals surface area contributed by atoms with E-state index >= 15 is 0 Å². The molecular formula is C26H36N7O-. The Labute approximate surface area is 202 Å². The molecule has 0 radical (unpaired) electrons. The Morgan fingerprint density at radius 3 is 2.65 bits per heavy atom. The van der Waals surface area contributed by atoms with Crippen LogP contribution in [-0.2, 0) is 11.2 Å². The van der Waals surface area contributed by atoms with Gasteiger partial charge in [0.2, 0.25) is 5.91 Å². The molecule has 0 saturated heterocycles. The van der Waals surface area contributed by atoms with Gasteiger partial charge >= 0.3 is 0 Å². The molecule has 0 atom stereocenters. The second-order valence-corrected chi connectivity index (χ2v) is 8.47. The van der Waals surface area contributed by atoms with E-state index in [0.29, 0.717) is 42.9 Å². The van der Waals surface area contributed by atoms with Crippen LogP contribution in [0.4, 0.5) is 17.5 Å². The zero-order chi connectivity index (χ0) is 24.3. The van der Waals surface area contributed by atoms with Crippen molar-refractivity contribution >= 4 is 23.4 Å². The summed E-state index contributed by atoms with van der Waals surface area (Å²) in [6, 6.07) is 9.62. The zero-order valence-electron chi connectivity index (χ0n) is 20.3. The normalized spacial score (nSPS) is 13.6. The third kappa shape index (κ3) is 8.51. The predicted octanol–water partition coefficient (Wildman–Crippen LogP) is 4.38. The average molecular weight is 463 g/mol. The van der Waals surface area contributed by atoms with Gasteiger partial charge in [0.05, 0.1) is 0 Å². The molecule has 0 unspecified atom stereocenters. The highest BCUT2D eigenvalue weighted by Crippen LogP contribution is 2.36. The number of nitrogens with one attached hydrogen (secondary N) is 2. The molecule has 0 bridgehead atoms. The Morgan fingerprint density at radius 1 is 1.24 bits per heavy atom. The lowest BCUT2D eigenvalue weighted by atomic mass is 10.1. The van der Waals surface area contributed by atoms with Crippen molar-refractivity contribution in [1.82, 2.24) is 20.2 Å². The van der Waals surface area contributed by atoms with Crippen LogP contribution in [0.1, 0.15) is 38.7 Å². The number of anilines is 2. The van der Waals surface area contributed by atoms with Gasteiger partial charge < -0.3 is 31.6 Å². The van der Waals surface area contributed by atoms with Crippen molar-refractivity contribution in [2.24, 2.45) is 11.7 Å². The fourth-order valence-electron chi connectivity index (χ4n) is 3.52. The maximum absolute atomic E-state index is 12.1. The van der Waals surface area contributed by atoms with Crippen molar-refractivity contribution in [3.63, 3.8) is 0 Å². The number of rotatable bonds is 14. The molecule has 0 aliphatic heterocycles. The van der Waals surface area contributed by atoms with Crippen LogP contribution in [0.2, 0.25) is 0 Å². The maximum atomic E-state index is 12.1. The van der Waals surface area contributed by atoms with Gasteiger partial charge in [-0.2, -0.15) is 0 Å². The number of likely N-dealkylation sites (N-methyl/N-ethyl adjacent to an activating group) is 1. The van der Waals surface area contributed by atoms with E-state index in [2.05, 4.69) is 51.2 Å². The number of amides is 1. The summed E-state index contributed by atoms with van der Waals surface area (Å²) in [6.45, 7) is 11.9. The van der Waals surface area contributed by atoms with Crippen LogP contribution >= 0.6 is 0 Å². The largest absolute Gasteiger partial charge is 0.455 e. The van der Waals surface area contributed by atoms with Crippen molar-refractivity contribution in [3.05, 3.63) is 71.5 Å². The number of nitrogens with two attached hydrogens (primary N) is 1. The molecule has 1 amide bonds. The highest BCUT2D eigenvalue weighted by molar-refractivity contribution is 5.76. The first kappa shape index (κ1) is 25.2. The SMILES string of the molecule is C=C(/C=C(\N)[N-]c1ccnc(Nc2ccc(CCC(=O)NCCN(CC)CC)cc2)n1)C1CC1. The highest BCUT2D eigenvalue weighted by Gasteiger charge is 2.22. The zero-order valence-corrected chi connectivity index (χ0v) is 20.3. The number of hydrogen-bond acceptors (Lipinski definition) is 6. The van der Waals surface area contributed by atoms with E-state index in [0.717, 1.165) is 36.5 Å². The van der Waals surface area contributed by atoms with E-state index in [1.54, 1.807) is 12.3 Å². The Hall–Kier alpha value is -3.39. The third-order valence-corrected chi connectivity index (χ3v) is 5.81. The van der Waals surface area contributed by atoms with Crippen molar-refractivity contribution < 1.29 is 4.79 Å². The van der Waals surface area contributed by atoms with Gasteiger partial charge in [0.25, 0.3) is 0 Å². The Kier molecular flexibility index (Phi) is 9.46. The van der Waals surface area contributed by atoms with Crippen molar-refractivity contribution in [2.45, 2.75) is 39.5 Å². The summed E-state index contributed by atoms with van der Waals surface area (Å²) in [6.07, 6.45) is 6.97. The van der Waals surface area contributed by atoms with E-state index in [1.165, 1.54) is 12.8 Å². The number of aromatic nitrogens is 2. The molecule has 8 heteroatoms. The molecule has 3 rings (SSSR count). The second-order valence-electron chi connectivity index (χ2n) is 8.47. The number of allylic oxidation sites excluding steroid dienone is 2. The highest BCUT2D eigenvalue weighted by atomic mass is 16.1. The Morgan fingerprint density at radius 2 is 1.97 bits per heavy atom. The van der Waals surface area contributed by atoms with Gasteiger partial charge in [-0.15, -0.1) is 0 Å². The monoisotopic (exact) mass is 462 g/mol. The summed E-state index contributed by atoms with van der Waals surface area (Å²) in [4.78, 5) is 23.1. The lowest BCUT2D eigenvalue weighted by Crippen LogP contribution is -2.34. The molecule has 4 N–H and O–H groups in total. The number of carbonyl (C=O) groups excluding carboxylic acids is 1. The van der Waals surface area contributed by atoms with Gasteiger partial charge in [0, 0.05) is 37.2 Å². The van der Waals surface area contributed by atoms with Gasteiger partial charge in [-0.25, -0.2) is 4.98 Å². The number of hydrogen-bond donors (Lipinski definition) is 3. The molecule has 1 heterocycles. The number of aryl methyl sites for hydroxylation is 1. The molecule has 2 aromatic rings. The number of nitrogens with zero attached hydrogens (tertiary/aromatic N) is 4. The summed E-state index contributed by atoms with van der Waals surface area (Å²) in [5.41, 5.74) is 8.99. The lowest BCUT2D eigenvalue weighted by molar-refractivity contribution is -0.121. The van der Waals surface area contributed by atoms with Crippen molar-refractivity contribution in [2.75, 3.05) is 31.5 Å². The number of carbonyl (C=O) groups is 1. The van der Waals surface area contributed by atoms with E-state index < -0.39 is 0 Å². The first-order chi connectivity index (χ1) is 16.5. The van der Waals surface area contributed by atoms with Gasteiger partial charge in [-0.1, -0.05) is 38.1 Å². The minimum atomic E-state index is 0.0809. The summed E-state index contributed by atoms with van der Waals surface area (Å²) in [7, 11) is 0. The van der Waals surface area contributed by atoms with Crippen molar-refractivity contribution in [3.8, 4) is 0 Å². The molecule has 1 fully saturated rings. The Bertz CT molecular complexity index is 979. The summed E-state index contributed by atoms with van der Waals surface area (Å²) in [5.74, 6) is 1.94. The van der Waals surface area contributed by atoms with Crippen LogP contribution in [0.15, 0.2) is 60.6 Å². The third-order valence-electron chi connectivity index (χ3n) is 5.81. The molecule has 1 saturated carbocycles. The van der Waals surface area contributed by atoms with E-state index in [4.69, 9.17) is 5.73 Å². The molecule has 34 heavy (non-hydrogen) atoms. The molecule has 0 spiro atoms. The molecule has 1 aromatic carbocycles. The fraction of sp³-hybridized carbons (Fsp3) is 0.423. The molecular weight excluding hydrogens is 426 g/mol. The smallest absolute Gasteiger partial charge is 0.220 e. The summed E-state index contributed by atoms with van der Waals surface area (Å²) < 4.78 is 0. The van der Waals surface area contributed by atoms with Gasteiger partial charge in [-0.3, -0.25) is 4.79 Å². The van der Waals surface area contributed by atoms with Gasteiger partial charge in [0.1, 0.15) is 0 Å². The standard InChI is InChI=1S/C26H37N7O/c1-4-33(5-2)17-16-28-25(34)13-8-20-6-11-22(12-7-20)30-26-29-15-14-24(32-26)31-23(27)18-19(3)21-9-10-21/h6-7,11-12,14-15,18,21H,3-5,8-10,13,16-17,27H2,1-2H3,(H3,28,29,30,31,32,34)/p-1/b23-18+. The van der Waals surface area contributed by atoms with Crippen LogP contribution in [0.3, 0.4) is 0 Å². The first-order valence-electron chi connectivity index (χ1n) is 12.0. The van der Waals surface area contributed by atoms with E-state index in [1.807, 2.05) is 30.3 Å². The number of benzene rings is 1. The fourth-order valence-corrected chi connectivity index (χ4v) is 3.52. The van der Waals surface area contributed by atoms with Crippen molar-refractivity contribution in [1.29, 1.82) is 0 Å². The first-order valence-corrected chi connectivity index (χ1v) is 12.0. The molecule has 182 valence electrons. The van der Waals surface area contributed by atoms with Crippen LogP contribution in [0, 0.1) is 5.92 Å². The molecule has 1 aromatic heterocycles. The molecule has 1 aliphatic rings. The van der Waals surface area contributed by atoms with Crippen LogP contribution in [-0.4, -0.2) is 47.0 Å². The van der Waals surface area contributed by atoms with E-state index in [9.17, 15) is 4.79 Å². The van der Waals surface area contributed by atoms with E-state index in [-0.39, 0.29) is 5.91 Å². The van der Waals surface area contributed by atoms with Crippen LogP contribution in [0.25, 0.3) is 5.32 Å². The quantitative estimate of drug-likeness (QED) is 0.359. The molecule has 8 nitrogen and oxygen atoms in total. The topological polar surface area (TPSA) is 110 Å². The summed E-state index contributed by atoms with van der Waals surface area (Å²) in [5, 5.41) is 10.5. The van der Waals surface area contributed by atoms with Gasteiger partial charge in [-0.05, 0) is 73.9 Å². The summed E-state index contributed by atoms with van der Waals surface area (Å²) >= 11 is 0. The van der Waals surface area contributed by atoms with Crippen LogP contribution < -0.4 is 16.4 Å². The van der Waals surface area contributed by atoms with Crippen LogP contribution in [0.5, 0.6) is 0 Å². The predicted molar refractivity (Wildman–Crippen MR) is 138 cm³/mol. The average Bonchev–Trinajstić information content (AvgIpc) is 3.67. The van der Waals surface area contributed by atoms with Gasteiger partial charge in [0.15, 0.2) is 5.95 Å². The minimum Gasteiger partial charge on any atom is -0.455 e. The minimum absolute atomic E-state index is 0.0809. The Balaban J connectivity index is 1.44.